The van der Waals surface area contributed by atoms with Gasteiger partial charge in [0.15, 0.2) is 5.82 Å². The van der Waals surface area contributed by atoms with Gasteiger partial charge in [-0.1, -0.05) is 17.3 Å². The molecule has 2 aliphatic rings. The molecule has 1 unspecified atom stereocenters. The van der Waals surface area contributed by atoms with Gasteiger partial charge in [-0.25, -0.2) is 0 Å². The first-order valence-electron chi connectivity index (χ1n) is 9.05. The quantitative estimate of drug-likeness (QED) is 0.852. The van der Waals surface area contributed by atoms with E-state index in [1.165, 1.54) is 0 Å². The lowest BCUT2D eigenvalue weighted by Crippen LogP contribution is -2.57. The van der Waals surface area contributed by atoms with Gasteiger partial charge in [-0.3, -0.25) is 14.5 Å². The first kappa shape index (κ1) is 17.5. The Balaban J connectivity index is 1.44. The zero-order valence-electron chi connectivity index (χ0n) is 15.2. The number of nitrogens with zero attached hydrogens (tertiary/aromatic N) is 2. The Morgan fingerprint density at radius 3 is 3.07 bits per heavy atom. The summed E-state index contributed by atoms with van der Waals surface area (Å²) in [4.78, 5) is 26.7. The second-order valence-corrected chi connectivity index (χ2v) is 7.15. The average Bonchev–Trinajstić information content (AvgIpc) is 2.99. The number of anilines is 1. The summed E-state index contributed by atoms with van der Waals surface area (Å²) in [7, 11) is 0. The van der Waals surface area contributed by atoms with Crippen LogP contribution in [0.5, 0.6) is 5.75 Å². The fourth-order valence-electron chi connectivity index (χ4n) is 3.71. The Bertz CT molecular complexity index is 865. The smallest absolute Gasteiger partial charge is 0.255 e. The molecular weight excluding hydrogens is 348 g/mol. The number of aromatic nitrogens is 1. The third-order valence-corrected chi connectivity index (χ3v) is 4.91. The van der Waals surface area contributed by atoms with Crippen LogP contribution in [0.15, 0.2) is 34.9 Å². The van der Waals surface area contributed by atoms with Crippen LogP contribution in [0.1, 0.15) is 29.0 Å². The van der Waals surface area contributed by atoms with Gasteiger partial charge in [0.1, 0.15) is 17.1 Å². The van der Waals surface area contributed by atoms with Crippen LogP contribution in [0.4, 0.5) is 5.82 Å². The number of likely N-dealkylation sites (tertiary alicyclic amines) is 1. The maximum absolute atomic E-state index is 12.3. The Morgan fingerprint density at radius 2 is 2.26 bits per heavy atom. The van der Waals surface area contributed by atoms with Crippen LogP contribution in [0.25, 0.3) is 0 Å². The van der Waals surface area contributed by atoms with Gasteiger partial charge < -0.3 is 19.9 Å². The van der Waals surface area contributed by atoms with Crippen LogP contribution in [0.2, 0.25) is 0 Å². The zero-order chi connectivity index (χ0) is 18.9. The topological polar surface area (TPSA) is 96.7 Å². The predicted molar refractivity (Wildman–Crippen MR) is 97.7 cm³/mol. The molecule has 0 saturated carbocycles. The van der Waals surface area contributed by atoms with E-state index >= 15 is 0 Å². The molecule has 1 fully saturated rings. The second-order valence-electron chi connectivity index (χ2n) is 7.15. The lowest BCUT2D eigenvalue weighted by molar-refractivity contribution is -0.118. The fourth-order valence-corrected chi connectivity index (χ4v) is 3.71. The van der Waals surface area contributed by atoms with Crippen molar-refractivity contribution < 1.29 is 18.8 Å². The molecule has 1 aromatic carbocycles. The van der Waals surface area contributed by atoms with Crippen molar-refractivity contribution in [3.05, 3.63) is 41.7 Å². The minimum absolute atomic E-state index is 0.126. The van der Waals surface area contributed by atoms with Crippen LogP contribution in [0.3, 0.4) is 0 Å². The normalized spacial score (nSPS) is 22.5. The van der Waals surface area contributed by atoms with Crippen molar-refractivity contribution in [3.8, 4) is 5.75 Å². The number of benzene rings is 1. The molecule has 0 aliphatic carbocycles. The molecule has 1 saturated heterocycles. The molecule has 8 nitrogen and oxygen atoms in total. The van der Waals surface area contributed by atoms with Gasteiger partial charge in [-0.2, -0.15) is 0 Å². The number of hydrogen-bond donors (Lipinski definition) is 2. The van der Waals surface area contributed by atoms with E-state index in [-0.39, 0.29) is 18.4 Å². The third-order valence-electron chi connectivity index (χ3n) is 4.91. The van der Waals surface area contributed by atoms with Gasteiger partial charge in [0, 0.05) is 12.6 Å². The lowest BCUT2D eigenvalue weighted by Gasteiger charge is -2.41. The van der Waals surface area contributed by atoms with Crippen molar-refractivity contribution in [2.45, 2.75) is 25.4 Å². The molecule has 27 heavy (non-hydrogen) atoms. The highest BCUT2D eigenvalue weighted by Gasteiger charge is 2.41. The van der Waals surface area contributed by atoms with E-state index in [1.807, 2.05) is 23.1 Å². The number of piperidine rings is 1. The number of hydrogen-bond acceptors (Lipinski definition) is 6. The monoisotopic (exact) mass is 370 g/mol. The van der Waals surface area contributed by atoms with Gasteiger partial charge in [0.05, 0.1) is 18.7 Å². The van der Waals surface area contributed by atoms with Crippen molar-refractivity contribution in [1.82, 2.24) is 15.4 Å². The molecule has 1 atom stereocenters. The molecule has 1 aromatic heterocycles. The van der Waals surface area contributed by atoms with Gasteiger partial charge in [-0.15, -0.1) is 0 Å². The summed E-state index contributed by atoms with van der Waals surface area (Å²) >= 11 is 0. The molecule has 0 bridgehead atoms. The molecule has 2 aromatic rings. The number of nitrogens with one attached hydrogen (secondary N) is 2. The van der Waals surface area contributed by atoms with Gasteiger partial charge in [-0.05, 0) is 38.4 Å². The number of carbonyl (C=O) groups excluding carboxylic acids is 2. The Kier molecular flexibility index (Phi) is 4.57. The first-order valence-corrected chi connectivity index (χ1v) is 9.05. The fraction of sp³-hybridized carbons (Fsp3) is 0.421. The summed E-state index contributed by atoms with van der Waals surface area (Å²) in [5, 5.41) is 9.48. The summed E-state index contributed by atoms with van der Waals surface area (Å²) in [6, 6.07) is 8.94. The minimum atomic E-state index is -0.536. The zero-order valence-corrected chi connectivity index (χ0v) is 15.2. The summed E-state index contributed by atoms with van der Waals surface area (Å²) in [6.07, 6.45) is 1.70. The van der Waals surface area contributed by atoms with Gasteiger partial charge in [0.25, 0.3) is 5.91 Å². The largest absolute Gasteiger partial charge is 0.483 e. The highest BCUT2D eigenvalue weighted by atomic mass is 16.5. The van der Waals surface area contributed by atoms with E-state index in [0.29, 0.717) is 36.0 Å². The number of aryl methyl sites for hydroxylation is 1. The summed E-state index contributed by atoms with van der Waals surface area (Å²) < 4.78 is 11.3. The number of amides is 2. The molecule has 4 rings (SSSR count). The predicted octanol–water partition coefficient (Wildman–Crippen LogP) is 1.58. The van der Waals surface area contributed by atoms with E-state index < -0.39 is 5.60 Å². The van der Waals surface area contributed by atoms with E-state index in [1.54, 1.807) is 19.1 Å². The van der Waals surface area contributed by atoms with Crippen molar-refractivity contribution in [3.63, 3.8) is 0 Å². The van der Waals surface area contributed by atoms with Crippen LogP contribution in [-0.2, 0) is 4.79 Å². The molecule has 8 heteroatoms. The van der Waals surface area contributed by atoms with Crippen LogP contribution in [0, 0.1) is 6.92 Å². The van der Waals surface area contributed by atoms with Crippen molar-refractivity contribution in [2.24, 2.45) is 0 Å². The second kappa shape index (κ2) is 7.03. The van der Waals surface area contributed by atoms with Gasteiger partial charge in [0.2, 0.25) is 5.91 Å². The van der Waals surface area contributed by atoms with E-state index in [2.05, 4.69) is 15.8 Å². The van der Waals surface area contributed by atoms with E-state index in [4.69, 9.17) is 9.26 Å². The molecule has 2 aliphatic heterocycles. The summed E-state index contributed by atoms with van der Waals surface area (Å²) in [5.74, 6) is 1.37. The minimum Gasteiger partial charge on any atom is -0.483 e. The Hall–Kier alpha value is -2.87. The first-order chi connectivity index (χ1) is 13.0. The number of ether oxygens (including phenoxy) is 1. The van der Waals surface area contributed by atoms with Crippen molar-refractivity contribution >= 4 is 17.6 Å². The molecule has 3 heterocycles. The molecule has 0 radical (unpaired) electrons. The maximum atomic E-state index is 12.3. The SMILES string of the molecule is Cc1cc(NC(=O)CN2CCCC3(CNC(=O)c4ccccc4O3)C2)no1. The maximum Gasteiger partial charge on any atom is 0.255 e. The number of carbonyl (C=O) groups is 2. The van der Waals surface area contributed by atoms with E-state index in [9.17, 15) is 9.59 Å². The lowest BCUT2D eigenvalue weighted by atomic mass is 9.92. The van der Waals surface area contributed by atoms with Crippen LogP contribution >= 0.6 is 0 Å². The molecule has 2 N–H and O–H groups in total. The van der Waals surface area contributed by atoms with Crippen molar-refractivity contribution in [1.29, 1.82) is 0 Å². The summed E-state index contributed by atoms with van der Waals surface area (Å²) in [5.41, 5.74) is 0.0105. The number of para-hydroxylation sites is 1. The third kappa shape index (κ3) is 3.80. The number of fused-ring (bicyclic) bond motifs is 1. The number of rotatable bonds is 3. The highest BCUT2D eigenvalue weighted by molar-refractivity contribution is 5.97. The van der Waals surface area contributed by atoms with Crippen LogP contribution in [-0.4, -0.2) is 53.7 Å². The van der Waals surface area contributed by atoms with Crippen molar-refractivity contribution in [2.75, 3.05) is 31.5 Å². The molecule has 142 valence electrons. The summed E-state index contributed by atoms with van der Waals surface area (Å²) in [6.45, 7) is 3.78. The molecular formula is C19H22N4O4. The average molecular weight is 370 g/mol. The molecule has 2 amide bonds. The molecule has 1 spiro atoms. The Morgan fingerprint density at radius 1 is 1.41 bits per heavy atom. The highest BCUT2D eigenvalue weighted by Crippen LogP contribution is 2.31. The Labute approximate surface area is 156 Å². The van der Waals surface area contributed by atoms with E-state index in [0.717, 1.165) is 19.4 Å². The standard InChI is InChI=1S/C19H22N4O4/c1-13-9-16(22-27-13)21-17(24)10-23-8-4-7-19(12-23)11-20-18(25)14-5-2-3-6-15(14)26-19/h2-3,5-6,9H,4,7-8,10-12H2,1H3,(H,20,25)(H,21,22,24). The van der Waals surface area contributed by atoms with Crippen LogP contribution < -0.4 is 15.4 Å². The van der Waals surface area contributed by atoms with Gasteiger partial charge >= 0.3 is 0 Å².